The molecule has 0 saturated carbocycles. The van der Waals surface area contributed by atoms with Gasteiger partial charge in [0.2, 0.25) is 5.91 Å². The van der Waals surface area contributed by atoms with E-state index in [2.05, 4.69) is 5.32 Å². The zero-order valence-electron chi connectivity index (χ0n) is 11.4. The van der Waals surface area contributed by atoms with Gasteiger partial charge >= 0.3 is 5.97 Å². The summed E-state index contributed by atoms with van der Waals surface area (Å²) in [7, 11) is 0. The van der Waals surface area contributed by atoms with Gasteiger partial charge in [-0.05, 0) is 24.3 Å². The summed E-state index contributed by atoms with van der Waals surface area (Å²) in [5, 5.41) is 11.0. The zero-order chi connectivity index (χ0) is 15.8. The summed E-state index contributed by atoms with van der Waals surface area (Å²) in [4.78, 5) is 44.3. The molecule has 21 heavy (non-hydrogen) atoms. The van der Waals surface area contributed by atoms with Gasteiger partial charge in [-0.15, -0.1) is 0 Å². The van der Waals surface area contributed by atoms with E-state index in [1.807, 2.05) is 0 Å². The van der Waals surface area contributed by atoms with E-state index < -0.39 is 5.97 Å². The molecule has 0 fully saturated rings. The fourth-order valence-electron chi connectivity index (χ4n) is 1.47. The van der Waals surface area contributed by atoms with E-state index in [9.17, 15) is 19.2 Å². The van der Waals surface area contributed by atoms with Gasteiger partial charge < -0.3 is 10.4 Å². The Hall–Kier alpha value is -2.15. The Morgan fingerprint density at radius 3 is 2.24 bits per heavy atom. The number of nitrogens with one attached hydrogen (secondary N) is 1. The number of hydrogen-bond donors (Lipinski definition) is 2. The standard InChI is InChI=1S/C14H15NO5S/c1-9(16)21-8-13(18)15-11-4-2-10(3-5-11)12(17)6-7-14(19)20/h2-5H,6-8H2,1H3,(H,15,18)(H,19,20). The van der Waals surface area contributed by atoms with E-state index >= 15 is 0 Å². The van der Waals surface area contributed by atoms with E-state index in [1.54, 1.807) is 12.1 Å². The minimum atomic E-state index is -1.02. The van der Waals surface area contributed by atoms with Crippen molar-refractivity contribution in [3.63, 3.8) is 0 Å². The first-order valence-electron chi connectivity index (χ1n) is 6.16. The molecule has 2 N–H and O–H groups in total. The highest BCUT2D eigenvalue weighted by atomic mass is 32.2. The van der Waals surface area contributed by atoms with Crippen molar-refractivity contribution in [2.45, 2.75) is 19.8 Å². The van der Waals surface area contributed by atoms with Crippen molar-refractivity contribution in [3.05, 3.63) is 29.8 Å². The first-order valence-corrected chi connectivity index (χ1v) is 7.15. The average molecular weight is 309 g/mol. The third-order valence-electron chi connectivity index (χ3n) is 2.46. The highest BCUT2D eigenvalue weighted by molar-refractivity contribution is 8.14. The molecule has 7 heteroatoms. The smallest absolute Gasteiger partial charge is 0.303 e. The lowest BCUT2D eigenvalue weighted by molar-refractivity contribution is -0.137. The predicted octanol–water partition coefficient (Wildman–Crippen LogP) is 1.95. The SMILES string of the molecule is CC(=O)SCC(=O)Nc1ccc(C(=O)CCC(=O)O)cc1. The largest absolute Gasteiger partial charge is 0.481 e. The summed E-state index contributed by atoms with van der Waals surface area (Å²) in [6, 6.07) is 6.17. The molecule has 1 aromatic carbocycles. The Bertz CT molecular complexity index is 553. The molecule has 0 saturated heterocycles. The lowest BCUT2D eigenvalue weighted by atomic mass is 10.1. The van der Waals surface area contributed by atoms with Crippen LogP contribution in [0.1, 0.15) is 30.1 Å². The van der Waals surface area contributed by atoms with Crippen molar-refractivity contribution >= 4 is 40.2 Å². The van der Waals surface area contributed by atoms with Crippen LogP contribution >= 0.6 is 11.8 Å². The number of anilines is 1. The number of hydrogen-bond acceptors (Lipinski definition) is 5. The molecule has 0 unspecified atom stereocenters. The van der Waals surface area contributed by atoms with Crippen molar-refractivity contribution in [1.29, 1.82) is 0 Å². The normalized spacial score (nSPS) is 9.95. The first kappa shape index (κ1) is 16.9. The molecule has 6 nitrogen and oxygen atoms in total. The molecule has 1 rings (SSSR count). The number of amides is 1. The van der Waals surface area contributed by atoms with Crippen LogP contribution in [0.3, 0.4) is 0 Å². The van der Waals surface area contributed by atoms with Gasteiger partial charge in [0.1, 0.15) is 0 Å². The van der Waals surface area contributed by atoms with Crippen molar-refractivity contribution in [3.8, 4) is 0 Å². The molecule has 0 radical (unpaired) electrons. The molecular weight excluding hydrogens is 294 g/mol. The van der Waals surface area contributed by atoms with Crippen LogP contribution in [0.4, 0.5) is 5.69 Å². The summed E-state index contributed by atoms with van der Waals surface area (Å²) < 4.78 is 0. The van der Waals surface area contributed by atoms with Crippen LogP contribution in [-0.2, 0) is 14.4 Å². The van der Waals surface area contributed by atoms with E-state index in [1.165, 1.54) is 19.1 Å². The summed E-state index contributed by atoms with van der Waals surface area (Å²) in [6.45, 7) is 1.38. The predicted molar refractivity (Wildman–Crippen MR) is 79.4 cm³/mol. The maximum atomic E-state index is 11.7. The molecule has 0 bridgehead atoms. The van der Waals surface area contributed by atoms with Crippen LogP contribution in [0.5, 0.6) is 0 Å². The molecule has 0 aliphatic heterocycles. The second-order valence-corrected chi connectivity index (χ2v) is 5.37. The minimum absolute atomic E-state index is 0.0363. The Labute approximate surface area is 125 Å². The number of aliphatic carboxylic acids is 1. The summed E-state index contributed by atoms with van der Waals surface area (Å²) in [5.41, 5.74) is 0.909. The number of benzene rings is 1. The second kappa shape index (κ2) is 8.21. The van der Waals surface area contributed by atoms with Gasteiger partial charge in [-0.3, -0.25) is 19.2 Å². The van der Waals surface area contributed by atoms with Crippen LogP contribution in [0.2, 0.25) is 0 Å². The highest BCUT2D eigenvalue weighted by Crippen LogP contribution is 2.13. The van der Waals surface area contributed by atoms with Gasteiger partial charge in [0.05, 0.1) is 12.2 Å². The number of ketones is 1. The van der Waals surface area contributed by atoms with E-state index in [-0.39, 0.29) is 35.4 Å². The van der Waals surface area contributed by atoms with Gasteiger partial charge in [0.25, 0.3) is 0 Å². The third kappa shape index (κ3) is 6.71. The highest BCUT2D eigenvalue weighted by Gasteiger charge is 2.09. The molecular formula is C14H15NO5S. The molecule has 1 aromatic rings. The topological polar surface area (TPSA) is 101 Å². The first-order chi connectivity index (χ1) is 9.88. The third-order valence-corrected chi connectivity index (χ3v) is 3.28. The number of carbonyl (C=O) groups is 4. The molecule has 0 aliphatic carbocycles. The molecule has 0 spiro atoms. The van der Waals surface area contributed by atoms with Crippen LogP contribution in [0.25, 0.3) is 0 Å². The zero-order valence-corrected chi connectivity index (χ0v) is 12.2. The number of carboxylic acids is 1. The van der Waals surface area contributed by atoms with Crippen molar-refractivity contribution in [2.75, 3.05) is 11.1 Å². The monoisotopic (exact) mass is 309 g/mol. The van der Waals surface area contributed by atoms with E-state index in [0.717, 1.165) is 11.8 Å². The molecule has 1 amide bonds. The van der Waals surface area contributed by atoms with Crippen LogP contribution in [-0.4, -0.2) is 33.6 Å². The fraction of sp³-hybridized carbons (Fsp3) is 0.286. The number of rotatable bonds is 7. The maximum Gasteiger partial charge on any atom is 0.303 e. The Morgan fingerprint density at radius 2 is 1.71 bits per heavy atom. The van der Waals surface area contributed by atoms with Crippen LogP contribution in [0, 0.1) is 0 Å². The van der Waals surface area contributed by atoms with E-state index in [4.69, 9.17) is 5.11 Å². The van der Waals surface area contributed by atoms with Gasteiger partial charge in [-0.25, -0.2) is 0 Å². The molecule has 0 heterocycles. The van der Waals surface area contributed by atoms with Gasteiger partial charge in [-0.2, -0.15) is 0 Å². The minimum Gasteiger partial charge on any atom is -0.481 e. The van der Waals surface area contributed by atoms with Gasteiger partial charge in [0.15, 0.2) is 10.9 Å². The number of thioether (sulfide) groups is 1. The Kier molecular flexibility index (Phi) is 6.61. The summed E-state index contributed by atoms with van der Waals surface area (Å²) >= 11 is 0.915. The Morgan fingerprint density at radius 1 is 1.10 bits per heavy atom. The average Bonchev–Trinajstić information content (AvgIpc) is 2.43. The summed E-state index contributed by atoms with van der Waals surface area (Å²) in [6.07, 6.45) is -0.268. The van der Waals surface area contributed by atoms with Crippen LogP contribution in [0.15, 0.2) is 24.3 Å². The van der Waals surface area contributed by atoms with Gasteiger partial charge in [-0.1, -0.05) is 11.8 Å². The number of carboxylic acid groups (broad SMARTS) is 1. The Balaban J connectivity index is 2.53. The number of carbonyl (C=O) groups excluding carboxylic acids is 3. The quantitative estimate of drug-likeness (QED) is 0.747. The molecule has 0 atom stereocenters. The number of Topliss-reactive ketones (excluding diaryl/α,β-unsaturated/α-hetero) is 1. The molecule has 0 aromatic heterocycles. The fourth-order valence-corrected chi connectivity index (χ4v) is 1.88. The molecule has 0 aliphatic rings. The lowest BCUT2D eigenvalue weighted by Gasteiger charge is -2.05. The lowest BCUT2D eigenvalue weighted by Crippen LogP contribution is -2.15. The van der Waals surface area contributed by atoms with Crippen molar-refractivity contribution in [1.82, 2.24) is 0 Å². The van der Waals surface area contributed by atoms with Gasteiger partial charge in [0, 0.05) is 24.6 Å². The maximum absolute atomic E-state index is 11.7. The van der Waals surface area contributed by atoms with Crippen molar-refractivity contribution < 1.29 is 24.3 Å². The van der Waals surface area contributed by atoms with E-state index in [0.29, 0.717) is 11.3 Å². The second-order valence-electron chi connectivity index (χ2n) is 4.22. The van der Waals surface area contributed by atoms with Crippen LogP contribution < -0.4 is 5.32 Å². The molecule has 112 valence electrons. The summed E-state index contributed by atoms with van der Waals surface area (Å²) in [5.74, 6) is -1.55. The van der Waals surface area contributed by atoms with Crippen molar-refractivity contribution in [2.24, 2.45) is 0 Å².